The third-order valence-corrected chi connectivity index (χ3v) is 17.8. The fourth-order valence-electron chi connectivity index (χ4n) is 14.5. The zero-order valence-corrected chi connectivity index (χ0v) is 43.5. The zero-order chi connectivity index (χ0) is 52.2. The number of hydrogen-bond acceptors (Lipinski definition) is 2. The zero-order valence-electron chi connectivity index (χ0n) is 43.5. The fraction of sp³-hybridized carbons (Fsp3) is 0. The van der Waals surface area contributed by atoms with E-state index >= 15 is 0 Å². The molecule has 6 heteroatoms. The van der Waals surface area contributed by atoms with E-state index in [4.69, 9.17) is 0 Å². The molecule has 2 aromatic heterocycles. The second kappa shape index (κ2) is 16.6. The SMILES string of the molecule is c1ccc(-c2ccc(-c3cc4c5c(c3)N(c3ccccc3)c3ccccc3B5n3c5c-4cccc5c4c3c3cccc5c3n4B3c4ccccc4N(c4ccccc4)c4cc(-c6ccc(-c7ccccc7)cc6)cc-5c43)cc2)cc1. The predicted molar refractivity (Wildman–Crippen MR) is 338 cm³/mol. The summed E-state index contributed by atoms with van der Waals surface area (Å²) in [5.41, 5.74) is 32.2. The van der Waals surface area contributed by atoms with Crippen molar-refractivity contribution in [1.29, 1.82) is 0 Å². The van der Waals surface area contributed by atoms with Gasteiger partial charge in [-0.25, -0.2) is 0 Å². The smallest absolute Gasteiger partial charge is 0.333 e. The maximum Gasteiger partial charge on any atom is 0.333 e. The summed E-state index contributed by atoms with van der Waals surface area (Å²) in [6, 6.07) is 104. The lowest BCUT2D eigenvalue weighted by Gasteiger charge is -2.41. The highest BCUT2D eigenvalue weighted by Gasteiger charge is 2.47. The molecule has 0 spiro atoms. The molecule has 0 amide bonds. The summed E-state index contributed by atoms with van der Waals surface area (Å²) in [6.45, 7) is -0.223. The van der Waals surface area contributed by atoms with E-state index in [2.05, 4.69) is 298 Å². The Morgan fingerprint density at radius 3 is 0.963 bits per heavy atom. The molecule has 0 aliphatic carbocycles. The van der Waals surface area contributed by atoms with Crippen LogP contribution < -0.4 is 31.7 Å². The molecule has 80 heavy (non-hydrogen) atoms. The number of hydrogen-bond donors (Lipinski definition) is 0. The first-order valence-electron chi connectivity index (χ1n) is 27.9. The van der Waals surface area contributed by atoms with E-state index in [1.165, 1.54) is 144 Å². The average Bonchev–Trinajstić information content (AvgIpc) is 4.25. The maximum atomic E-state index is 2.77. The van der Waals surface area contributed by atoms with Gasteiger partial charge in [0.2, 0.25) is 0 Å². The Kier molecular flexibility index (Phi) is 9.09. The topological polar surface area (TPSA) is 16.3 Å². The van der Waals surface area contributed by atoms with E-state index in [0.29, 0.717) is 0 Å². The molecule has 368 valence electrons. The van der Waals surface area contributed by atoms with E-state index in [0.717, 1.165) is 11.4 Å². The molecule has 6 heterocycles. The Labute approximate surface area is 464 Å². The molecule has 0 saturated heterocycles. The van der Waals surface area contributed by atoms with Crippen molar-refractivity contribution in [1.82, 2.24) is 8.96 Å². The van der Waals surface area contributed by atoms with Crippen LogP contribution >= 0.6 is 0 Å². The van der Waals surface area contributed by atoms with Crippen LogP contribution in [0.15, 0.2) is 279 Å². The van der Waals surface area contributed by atoms with Gasteiger partial charge in [0.15, 0.2) is 0 Å². The predicted octanol–water partition coefficient (Wildman–Crippen LogP) is 16.3. The van der Waals surface area contributed by atoms with E-state index in [1.54, 1.807) is 0 Å². The lowest BCUT2D eigenvalue weighted by Crippen LogP contribution is -2.56. The summed E-state index contributed by atoms with van der Waals surface area (Å²) in [4.78, 5) is 5.05. The summed E-state index contributed by atoms with van der Waals surface area (Å²) in [5, 5.41) is 2.55. The monoisotopic (exact) mass is 1010 g/mol. The summed E-state index contributed by atoms with van der Waals surface area (Å²) in [7, 11) is 0. The van der Waals surface area contributed by atoms with Crippen LogP contribution in [-0.2, 0) is 0 Å². The third-order valence-electron chi connectivity index (χ3n) is 17.8. The molecule has 0 atom stereocenters. The molecule has 0 unspecified atom stereocenters. The highest BCUT2D eigenvalue weighted by atomic mass is 15.2. The van der Waals surface area contributed by atoms with E-state index in [9.17, 15) is 0 Å². The van der Waals surface area contributed by atoms with Crippen molar-refractivity contribution in [2.24, 2.45) is 0 Å². The van der Waals surface area contributed by atoms with Crippen molar-refractivity contribution in [3.05, 3.63) is 279 Å². The van der Waals surface area contributed by atoms with Gasteiger partial charge in [-0.05, 0) is 138 Å². The second-order valence-corrected chi connectivity index (χ2v) is 21.9. The van der Waals surface area contributed by atoms with Crippen LogP contribution in [0.2, 0.25) is 0 Å². The highest BCUT2D eigenvalue weighted by Crippen LogP contribution is 2.52. The quantitative estimate of drug-likeness (QED) is 0.154. The lowest BCUT2D eigenvalue weighted by molar-refractivity contribution is 1.25. The molecule has 0 N–H and O–H groups in total. The van der Waals surface area contributed by atoms with Crippen LogP contribution in [0.1, 0.15) is 0 Å². The van der Waals surface area contributed by atoms with Gasteiger partial charge in [0.1, 0.15) is 0 Å². The van der Waals surface area contributed by atoms with Crippen molar-refractivity contribution in [2.75, 3.05) is 9.80 Å². The van der Waals surface area contributed by atoms with Gasteiger partial charge in [0, 0.05) is 67.1 Å². The first kappa shape index (κ1) is 43.8. The second-order valence-electron chi connectivity index (χ2n) is 21.9. The Hall–Kier alpha value is -10.3. The number of benzene rings is 12. The molecular weight excluding hydrogens is 966 g/mol. The Morgan fingerprint density at radius 1 is 0.225 bits per heavy atom. The van der Waals surface area contributed by atoms with Crippen molar-refractivity contribution in [3.8, 4) is 66.8 Å². The molecule has 0 bridgehead atoms. The van der Waals surface area contributed by atoms with Crippen LogP contribution in [0.4, 0.5) is 34.1 Å². The van der Waals surface area contributed by atoms with Gasteiger partial charge in [0.25, 0.3) is 0 Å². The molecule has 18 rings (SSSR count). The number of anilines is 6. The molecule has 0 fully saturated rings. The minimum Gasteiger partial charge on any atom is -0.374 e. The third kappa shape index (κ3) is 6.02. The number of fused-ring (bicyclic) bond motifs is 13. The Morgan fingerprint density at radius 2 is 0.562 bits per heavy atom. The molecule has 4 aliphatic heterocycles. The maximum absolute atomic E-state index is 2.77. The van der Waals surface area contributed by atoms with Crippen LogP contribution in [0.3, 0.4) is 0 Å². The first-order valence-corrected chi connectivity index (χ1v) is 27.9. The van der Waals surface area contributed by atoms with Crippen LogP contribution in [0.5, 0.6) is 0 Å². The standard InChI is InChI=1S/C74H46B2N4/c1-5-19-47(20-6-1)49-35-39-51(40-36-49)53-43-61-57-27-17-29-59-71(57)79(75-63-31-13-15-33-65(63)77(67(45-53)69(61)75)55-23-9-3-10-24-55)74-60-30-18-28-58-62-44-54(52-41-37-50(38-42-52)48-21-7-2-8-22-48)46-68-70(62)76(80(72(58)60)73(59)74)64-32-14-16-34-66(64)78(68)56-25-11-4-12-26-56/h1-46H. The Balaban J connectivity index is 0.928. The molecule has 4 aliphatic rings. The van der Waals surface area contributed by atoms with Gasteiger partial charge < -0.3 is 18.8 Å². The minimum atomic E-state index is -0.111. The number of nitrogens with zero attached hydrogens (tertiary/aromatic N) is 4. The fourth-order valence-corrected chi connectivity index (χ4v) is 14.5. The van der Waals surface area contributed by atoms with Gasteiger partial charge >= 0.3 is 13.7 Å². The summed E-state index contributed by atoms with van der Waals surface area (Å²) >= 11 is 0. The number of aromatic nitrogens is 2. The molecular formula is C74H46B2N4. The van der Waals surface area contributed by atoms with E-state index < -0.39 is 0 Å². The summed E-state index contributed by atoms with van der Waals surface area (Å²) in [5.74, 6) is 0. The van der Waals surface area contributed by atoms with Gasteiger partial charge in [-0.2, -0.15) is 0 Å². The van der Waals surface area contributed by atoms with E-state index in [1.807, 2.05) is 0 Å². The number of rotatable bonds is 6. The molecule has 14 aromatic rings. The van der Waals surface area contributed by atoms with Gasteiger partial charge in [0.05, 0.1) is 11.0 Å². The first-order chi connectivity index (χ1) is 39.7. The minimum absolute atomic E-state index is 0.111. The van der Waals surface area contributed by atoms with Crippen molar-refractivity contribution >= 4 is 103 Å². The largest absolute Gasteiger partial charge is 0.374 e. The average molecular weight is 1010 g/mol. The van der Waals surface area contributed by atoms with Crippen LogP contribution in [0, 0.1) is 0 Å². The van der Waals surface area contributed by atoms with Gasteiger partial charge in [-0.3, -0.25) is 0 Å². The highest BCUT2D eigenvalue weighted by molar-refractivity contribution is 6.92. The van der Waals surface area contributed by atoms with Gasteiger partial charge in [-0.1, -0.05) is 218 Å². The molecule has 0 saturated carbocycles. The Bertz CT molecular complexity index is 4560. The van der Waals surface area contributed by atoms with Crippen LogP contribution in [0.25, 0.3) is 99.6 Å². The normalized spacial score (nSPS) is 13.2. The van der Waals surface area contributed by atoms with Crippen molar-refractivity contribution in [3.63, 3.8) is 0 Å². The van der Waals surface area contributed by atoms with E-state index in [-0.39, 0.29) is 13.7 Å². The molecule has 12 aromatic carbocycles. The lowest BCUT2D eigenvalue weighted by atomic mass is 9.45. The summed E-state index contributed by atoms with van der Waals surface area (Å²) < 4.78 is 5.54. The van der Waals surface area contributed by atoms with Crippen molar-refractivity contribution in [2.45, 2.75) is 0 Å². The number of para-hydroxylation sites is 6. The summed E-state index contributed by atoms with van der Waals surface area (Å²) in [6.07, 6.45) is 0. The van der Waals surface area contributed by atoms with Crippen LogP contribution in [-0.4, -0.2) is 22.7 Å². The van der Waals surface area contributed by atoms with Crippen molar-refractivity contribution < 1.29 is 0 Å². The van der Waals surface area contributed by atoms with Gasteiger partial charge in [-0.15, -0.1) is 0 Å². The molecule has 0 radical (unpaired) electrons. The molecule has 4 nitrogen and oxygen atoms in total.